The van der Waals surface area contributed by atoms with Crippen LogP contribution in [-0.4, -0.2) is 29.6 Å². The third-order valence-corrected chi connectivity index (χ3v) is 2.38. The van der Waals surface area contributed by atoms with Crippen LogP contribution in [0.3, 0.4) is 0 Å². The summed E-state index contributed by atoms with van der Waals surface area (Å²) in [5, 5.41) is 12.3. The number of aromatic nitrogens is 1. The third kappa shape index (κ3) is 2.08. The number of carboxylic acid groups (broad SMARTS) is 1. The van der Waals surface area contributed by atoms with Gasteiger partial charge in [-0.15, -0.1) is 0 Å². The van der Waals surface area contributed by atoms with Crippen LogP contribution in [0.4, 0.5) is 0 Å². The van der Waals surface area contributed by atoms with Gasteiger partial charge in [0.1, 0.15) is 11.4 Å². The van der Waals surface area contributed by atoms with Gasteiger partial charge in [0.05, 0.1) is 7.11 Å². The van der Waals surface area contributed by atoms with Crippen molar-refractivity contribution in [1.82, 2.24) is 5.16 Å². The van der Waals surface area contributed by atoms with E-state index in [9.17, 15) is 9.59 Å². The summed E-state index contributed by atoms with van der Waals surface area (Å²) in [6.45, 7) is 0. The molecule has 0 radical (unpaired) electrons. The van der Waals surface area contributed by atoms with Crippen LogP contribution >= 0.6 is 0 Å². The number of methoxy groups -OCH3 is 1. The molecule has 2 rings (SSSR count). The number of nitrogens with zero attached hydrogens (tertiary/aromatic N) is 1. The lowest BCUT2D eigenvalue weighted by Gasteiger charge is -2.03. The van der Waals surface area contributed by atoms with Gasteiger partial charge in [-0.2, -0.15) is 0 Å². The summed E-state index contributed by atoms with van der Waals surface area (Å²) in [6, 6.07) is 6.07. The molecular formula is C12H9NO5. The lowest BCUT2D eigenvalue weighted by atomic mass is 10.0. The average Bonchev–Trinajstić information content (AvgIpc) is 2.87. The molecular weight excluding hydrogens is 238 g/mol. The molecule has 18 heavy (non-hydrogen) atoms. The van der Waals surface area contributed by atoms with Gasteiger partial charge in [0.25, 0.3) is 0 Å². The number of aromatic carboxylic acids is 1. The predicted octanol–water partition coefficient (Wildman–Crippen LogP) is 1.86. The molecule has 1 aromatic heterocycles. The van der Waals surface area contributed by atoms with E-state index >= 15 is 0 Å². The lowest BCUT2D eigenvalue weighted by molar-refractivity contribution is 0.0652. The number of aldehydes is 1. The smallest absolute Gasteiger partial charge is 0.374 e. The quantitative estimate of drug-likeness (QED) is 0.829. The normalized spacial score (nSPS) is 10.1. The molecule has 0 saturated heterocycles. The fourth-order valence-electron chi connectivity index (χ4n) is 1.50. The van der Waals surface area contributed by atoms with Crippen molar-refractivity contribution in [2.45, 2.75) is 0 Å². The molecule has 0 unspecified atom stereocenters. The molecule has 0 saturated carbocycles. The Morgan fingerprint density at radius 3 is 2.78 bits per heavy atom. The SMILES string of the molecule is COc1ccc(-c2cc(C(=O)O)on2)c(C=O)c1. The van der Waals surface area contributed by atoms with E-state index in [2.05, 4.69) is 9.68 Å². The molecule has 2 aromatic rings. The van der Waals surface area contributed by atoms with E-state index in [0.717, 1.165) is 0 Å². The Hall–Kier alpha value is -2.63. The van der Waals surface area contributed by atoms with Crippen LogP contribution in [0.5, 0.6) is 5.75 Å². The Bertz CT molecular complexity index is 602. The largest absolute Gasteiger partial charge is 0.497 e. The maximum Gasteiger partial charge on any atom is 0.374 e. The molecule has 0 aliphatic rings. The van der Waals surface area contributed by atoms with Gasteiger partial charge < -0.3 is 14.4 Å². The third-order valence-electron chi connectivity index (χ3n) is 2.38. The average molecular weight is 247 g/mol. The molecule has 6 heteroatoms. The second-order valence-electron chi connectivity index (χ2n) is 3.45. The van der Waals surface area contributed by atoms with Crippen LogP contribution in [0, 0.1) is 0 Å². The van der Waals surface area contributed by atoms with Crippen LogP contribution in [0.1, 0.15) is 20.9 Å². The van der Waals surface area contributed by atoms with E-state index in [4.69, 9.17) is 9.84 Å². The second kappa shape index (κ2) is 4.70. The van der Waals surface area contributed by atoms with Gasteiger partial charge in [0, 0.05) is 17.2 Å². The zero-order chi connectivity index (χ0) is 13.1. The molecule has 0 atom stereocenters. The first-order chi connectivity index (χ1) is 8.65. The maximum atomic E-state index is 11.0. The highest BCUT2D eigenvalue weighted by Crippen LogP contribution is 2.26. The topological polar surface area (TPSA) is 89.6 Å². The number of carboxylic acids is 1. The number of ether oxygens (including phenoxy) is 1. The molecule has 6 nitrogen and oxygen atoms in total. The van der Waals surface area contributed by atoms with Crippen molar-refractivity contribution in [1.29, 1.82) is 0 Å². The minimum atomic E-state index is -1.21. The van der Waals surface area contributed by atoms with Crippen molar-refractivity contribution >= 4 is 12.3 Å². The van der Waals surface area contributed by atoms with Crippen LogP contribution in [0.2, 0.25) is 0 Å². The molecule has 0 fully saturated rings. The molecule has 1 heterocycles. The van der Waals surface area contributed by atoms with Crippen molar-refractivity contribution in [3.8, 4) is 17.0 Å². The van der Waals surface area contributed by atoms with Crippen molar-refractivity contribution in [3.63, 3.8) is 0 Å². The molecule has 1 N–H and O–H groups in total. The van der Waals surface area contributed by atoms with Crippen LogP contribution in [0.15, 0.2) is 28.8 Å². The number of benzene rings is 1. The van der Waals surface area contributed by atoms with Crippen LogP contribution < -0.4 is 4.74 Å². The lowest BCUT2D eigenvalue weighted by Crippen LogP contribution is -1.92. The molecule has 1 aromatic carbocycles. The van der Waals surface area contributed by atoms with Crippen LogP contribution in [0.25, 0.3) is 11.3 Å². The Balaban J connectivity index is 2.49. The standard InChI is InChI=1S/C12H9NO5/c1-17-8-2-3-9(7(4-8)6-14)10-5-11(12(15)16)18-13-10/h2-6H,1H3,(H,15,16). The number of hydrogen-bond acceptors (Lipinski definition) is 5. The minimum absolute atomic E-state index is 0.280. The van der Waals surface area contributed by atoms with E-state index in [-0.39, 0.29) is 11.5 Å². The summed E-state index contributed by atoms with van der Waals surface area (Å²) < 4.78 is 9.63. The Labute approximate surface area is 102 Å². The van der Waals surface area contributed by atoms with Gasteiger partial charge in [0.2, 0.25) is 5.76 Å². The fourth-order valence-corrected chi connectivity index (χ4v) is 1.50. The molecule has 0 aliphatic heterocycles. The number of rotatable bonds is 4. The fraction of sp³-hybridized carbons (Fsp3) is 0.0833. The summed E-state index contributed by atoms with van der Waals surface area (Å²) in [7, 11) is 1.49. The summed E-state index contributed by atoms with van der Waals surface area (Å²) in [4.78, 5) is 21.7. The Morgan fingerprint density at radius 2 is 2.22 bits per heavy atom. The summed E-state index contributed by atoms with van der Waals surface area (Å²) in [5.74, 6) is -0.963. The molecule has 0 amide bonds. The minimum Gasteiger partial charge on any atom is -0.497 e. The summed E-state index contributed by atoms with van der Waals surface area (Å²) in [6.07, 6.45) is 0.646. The zero-order valence-electron chi connectivity index (χ0n) is 9.41. The van der Waals surface area contributed by atoms with Gasteiger partial charge in [-0.1, -0.05) is 5.16 Å². The van der Waals surface area contributed by atoms with E-state index in [1.807, 2.05) is 0 Å². The van der Waals surface area contributed by atoms with E-state index < -0.39 is 5.97 Å². The number of carbonyl (C=O) groups is 2. The van der Waals surface area contributed by atoms with Crippen LogP contribution in [-0.2, 0) is 0 Å². The Kier molecular flexibility index (Phi) is 3.09. The van der Waals surface area contributed by atoms with Crippen molar-refractivity contribution in [3.05, 3.63) is 35.6 Å². The maximum absolute atomic E-state index is 11.0. The zero-order valence-corrected chi connectivity index (χ0v) is 9.41. The first-order valence-electron chi connectivity index (χ1n) is 4.99. The highest BCUT2D eigenvalue weighted by atomic mass is 16.5. The van der Waals surface area contributed by atoms with E-state index in [0.29, 0.717) is 23.2 Å². The van der Waals surface area contributed by atoms with Gasteiger partial charge in [0.15, 0.2) is 6.29 Å². The van der Waals surface area contributed by atoms with Gasteiger partial charge in [-0.25, -0.2) is 4.79 Å². The second-order valence-corrected chi connectivity index (χ2v) is 3.45. The Morgan fingerprint density at radius 1 is 1.44 bits per heavy atom. The highest BCUT2D eigenvalue weighted by Gasteiger charge is 2.15. The molecule has 0 bridgehead atoms. The van der Waals surface area contributed by atoms with Gasteiger partial charge in [-0.3, -0.25) is 4.79 Å². The van der Waals surface area contributed by atoms with Gasteiger partial charge in [-0.05, 0) is 18.2 Å². The molecule has 0 spiro atoms. The number of hydrogen-bond donors (Lipinski definition) is 1. The first-order valence-corrected chi connectivity index (χ1v) is 4.99. The molecule has 0 aliphatic carbocycles. The predicted molar refractivity (Wildman–Crippen MR) is 60.8 cm³/mol. The summed E-state index contributed by atoms with van der Waals surface area (Å²) in [5.41, 5.74) is 1.12. The van der Waals surface area contributed by atoms with Gasteiger partial charge >= 0.3 is 5.97 Å². The van der Waals surface area contributed by atoms with Crippen molar-refractivity contribution < 1.29 is 24.0 Å². The van der Waals surface area contributed by atoms with E-state index in [1.165, 1.54) is 19.2 Å². The van der Waals surface area contributed by atoms with Crippen molar-refractivity contribution in [2.75, 3.05) is 7.11 Å². The first kappa shape index (κ1) is 11.8. The number of carbonyl (C=O) groups excluding carboxylic acids is 1. The highest BCUT2D eigenvalue weighted by molar-refractivity contribution is 5.90. The van der Waals surface area contributed by atoms with E-state index in [1.54, 1.807) is 12.1 Å². The monoisotopic (exact) mass is 247 g/mol. The summed E-state index contributed by atoms with van der Waals surface area (Å²) >= 11 is 0. The molecule has 92 valence electrons. The van der Waals surface area contributed by atoms with Crippen molar-refractivity contribution in [2.24, 2.45) is 0 Å².